The van der Waals surface area contributed by atoms with Crippen LogP contribution in [0.4, 0.5) is 0 Å². The molecule has 0 saturated carbocycles. The highest BCUT2D eigenvalue weighted by Crippen LogP contribution is 2.19. The predicted octanol–water partition coefficient (Wildman–Crippen LogP) is 1.32. The summed E-state index contributed by atoms with van der Waals surface area (Å²) in [5.41, 5.74) is 0. The van der Waals surface area contributed by atoms with Crippen LogP contribution in [0, 0.1) is 0 Å². The first-order chi connectivity index (χ1) is 10.4. The van der Waals surface area contributed by atoms with Gasteiger partial charge >= 0.3 is 0 Å². The Hall–Kier alpha value is -0.960. The van der Waals surface area contributed by atoms with Gasteiger partial charge in [0, 0.05) is 24.1 Å². The fraction of sp³-hybridized carbons (Fsp3) is 0.500. The molecule has 6 nitrogen and oxygen atoms in total. The van der Waals surface area contributed by atoms with Gasteiger partial charge in [0.1, 0.15) is 0 Å². The van der Waals surface area contributed by atoms with E-state index in [0.29, 0.717) is 26.3 Å². The zero-order chi connectivity index (χ0) is 16.2. The number of hydrogen-bond acceptors (Lipinski definition) is 4. The third-order valence-corrected chi connectivity index (χ3v) is 5.94. The number of nitrogens with zero attached hydrogens (tertiary/aromatic N) is 2. The highest BCUT2D eigenvalue weighted by molar-refractivity contribution is 9.10. The van der Waals surface area contributed by atoms with Crippen LogP contribution in [0.3, 0.4) is 0 Å². The Bertz CT molecular complexity index is 612. The number of carbonyl (C=O) groups is 1. The predicted molar refractivity (Wildman–Crippen MR) is 86.0 cm³/mol. The molecule has 8 heteroatoms. The summed E-state index contributed by atoms with van der Waals surface area (Å²) in [6.07, 6.45) is 0. The number of amides is 1. The average molecular weight is 391 g/mol. The lowest BCUT2D eigenvalue weighted by molar-refractivity contribution is -0.135. The number of halogens is 1. The second kappa shape index (κ2) is 7.54. The molecule has 2 rings (SSSR count). The molecule has 1 aliphatic heterocycles. The fourth-order valence-electron chi connectivity index (χ4n) is 2.19. The Labute approximate surface area is 139 Å². The molecular weight excluding hydrogens is 372 g/mol. The first kappa shape index (κ1) is 17.4. The molecule has 1 aromatic carbocycles. The maximum Gasteiger partial charge on any atom is 0.243 e. The van der Waals surface area contributed by atoms with Crippen LogP contribution in [0.25, 0.3) is 0 Å². The van der Waals surface area contributed by atoms with Crippen LogP contribution in [-0.2, 0) is 19.6 Å². The van der Waals surface area contributed by atoms with Crippen molar-refractivity contribution in [2.75, 3.05) is 39.4 Å². The molecule has 1 aromatic rings. The van der Waals surface area contributed by atoms with E-state index in [1.807, 2.05) is 0 Å². The van der Waals surface area contributed by atoms with E-state index >= 15 is 0 Å². The summed E-state index contributed by atoms with van der Waals surface area (Å²) in [6, 6.07) is 6.40. The lowest BCUT2D eigenvalue weighted by Crippen LogP contribution is -2.47. The van der Waals surface area contributed by atoms with Crippen molar-refractivity contribution in [1.82, 2.24) is 9.21 Å². The van der Waals surface area contributed by atoms with Gasteiger partial charge < -0.3 is 9.64 Å². The largest absolute Gasteiger partial charge is 0.378 e. The highest BCUT2D eigenvalue weighted by Gasteiger charge is 2.27. The maximum absolute atomic E-state index is 12.6. The summed E-state index contributed by atoms with van der Waals surface area (Å²) in [7, 11) is -3.67. The molecule has 1 saturated heterocycles. The number of ether oxygens (including phenoxy) is 1. The molecule has 1 heterocycles. The number of carbonyl (C=O) groups excluding carboxylic acids is 1. The van der Waals surface area contributed by atoms with Crippen LogP contribution in [-0.4, -0.2) is 62.9 Å². The van der Waals surface area contributed by atoms with Crippen LogP contribution in [0.1, 0.15) is 6.92 Å². The average Bonchev–Trinajstić information content (AvgIpc) is 2.53. The van der Waals surface area contributed by atoms with Crippen molar-refractivity contribution >= 4 is 31.9 Å². The number of hydrogen-bond donors (Lipinski definition) is 0. The highest BCUT2D eigenvalue weighted by atomic mass is 79.9. The van der Waals surface area contributed by atoms with E-state index in [4.69, 9.17) is 4.74 Å². The van der Waals surface area contributed by atoms with Gasteiger partial charge in [-0.1, -0.05) is 22.9 Å². The number of rotatable bonds is 5. The molecule has 0 atom stereocenters. The van der Waals surface area contributed by atoms with Crippen molar-refractivity contribution in [1.29, 1.82) is 0 Å². The Morgan fingerprint density at radius 1 is 1.27 bits per heavy atom. The second-order valence-electron chi connectivity index (χ2n) is 4.88. The summed E-state index contributed by atoms with van der Waals surface area (Å²) >= 11 is 3.28. The first-order valence-electron chi connectivity index (χ1n) is 7.06. The normalized spacial score (nSPS) is 16.0. The van der Waals surface area contributed by atoms with Crippen LogP contribution in [0.5, 0.6) is 0 Å². The zero-order valence-corrected chi connectivity index (χ0v) is 14.8. The van der Waals surface area contributed by atoms with E-state index in [9.17, 15) is 13.2 Å². The van der Waals surface area contributed by atoms with E-state index in [1.165, 1.54) is 16.4 Å². The van der Waals surface area contributed by atoms with Gasteiger partial charge in [0.15, 0.2) is 0 Å². The van der Waals surface area contributed by atoms with Gasteiger partial charge in [-0.05, 0) is 24.3 Å². The van der Waals surface area contributed by atoms with E-state index in [0.717, 1.165) is 4.47 Å². The standard InChI is InChI=1S/C14H19BrN2O4S/c1-2-17(11-14(18)16-7-9-21-10-8-16)22(19,20)13-5-3-12(15)4-6-13/h3-6H,2,7-11H2,1H3. The number of morpholine rings is 1. The van der Waals surface area contributed by atoms with Crippen LogP contribution in [0.15, 0.2) is 33.6 Å². The zero-order valence-electron chi connectivity index (χ0n) is 12.4. The van der Waals surface area contributed by atoms with Crippen LogP contribution in [0.2, 0.25) is 0 Å². The summed E-state index contributed by atoms with van der Waals surface area (Å²) in [5.74, 6) is -0.189. The minimum atomic E-state index is -3.67. The van der Waals surface area contributed by atoms with Crippen molar-refractivity contribution in [2.24, 2.45) is 0 Å². The topological polar surface area (TPSA) is 66.9 Å². The summed E-state index contributed by atoms with van der Waals surface area (Å²) in [6.45, 7) is 3.84. The molecule has 1 amide bonds. The molecule has 1 fully saturated rings. The summed E-state index contributed by atoms with van der Waals surface area (Å²) in [5, 5.41) is 0. The quantitative estimate of drug-likeness (QED) is 0.760. The molecule has 0 radical (unpaired) electrons. The lowest BCUT2D eigenvalue weighted by atomic mass is 10.4. The monoisotopic (exact) mass is 390 g/mol. The summed E-state index contributed by atoms with van der Waals surface area (Å²) < 4.78 is 32.4. The van der Waals surface area contributed by atoms with Gasteiger partial charge in [0.05, 0.1) is 24.7 Å². The maximum atomic E-state index is 12.6. The van der Waals surface area contributed by atoms with Crippen molar-refractivity contribution in [2.45, 2.75) is 11.8 Å². The SMILES string of the molecule is CCN(CC(=O)N1CCOCC1)S(=O)(=O)c1ccc(Br)cc1. The number of sulfonamides is 1. The molecule has 0 unspecified atom stereocenters. The van der Waals surface area contributed by atoms with Crippen molar-refractivity contribution in [3.8, 4) is 0 Å². The van der Waals surface area contributed by atoms with Crippen molar-refractivity contribution in [3.05, 3.63) is 28.7 Å². The number of likely N-dealkylation sites (N-methyl/N-ethyl adjacent to an activating group) is 1. The fourth-order valence-corrected chi connectivity index (χ4v) is 3.85. The Morgan fingerprint density at radius 2 is 1.86 bits per heavy atom. The molecular formula is C14H19BrN2O4S. The van der Waals surface area contributed by atoms with Gasteiger partial charge in [0.2, 0.25) is 15.9 Å². The minimum absolute atomic E-state index is 0.144. The van der Waals surface area contributed by atoms with Crippen molar-refractivity contribution < 1.29 is 17.9 Å². The van der Waals surface area contributed by atoms with E-state index in [2.05, 4.69) is 15.9 Å². The van der Waals surface area contributed by atoms with Gasteiger partial charge in [-0.3, -0.25) is 4.79 Å². The minimum Gasteiger partial charge on any atom is -0.378 e. The molecule has 0 aromatic heterocycles. The van der Waals surface area contributed by atoms with Gasteiger partial charge in [-0.2, -0.15) is 4.31 Å². The Morgan fingerprint density at radius 3 is 2.41 bits per heavy atom. The van der Waals surface area contributed by atoms with Gasteiger partial charge in [-0.25, -0.2) is 8.42 Å². The first-order valence-corrected chi connectivity index (χ1v) is 9.29. The lowest BCUT2D eigenvalue weighted by Gasteiger charge is -2.29. The molecule has 0 aliphatic carbocycles. The molecule has 0 N–H and O–H groups in total. The molecule has 0 spiro atoms. The van der Waals surface area contributed by atoms with Crippen LogP contribution >= 0.6 is 15.9 Å². The third-order valence-electron chi connectivity index (χ3n) is 3.48. The molecule has 122 valence electrons. The van der Waals surface area contributed by atoms with Gasteiger partial charge in [-0.15, -0.1) is 0 Å². The molecule has 0 bridgehead atoms. The van der Waals surface area contributed by atoms with Crippen molar-refractivity contribution in [3.63, 3.8) is 0 Å². The Kier molecular flexibility index (Phi) is 5.96. The van der Waals surface area contributed by atoms with Crippen LogP contribution < -0.4 is 0 Å². The Balaban J connectivity index is 2.12. The third kappa shape index (κ3) is 4.07. The van der Waals surface area contributed by atoms with E-state index < -0.39 is 10.0 Å². The van der Waals surface area contributed by atoms with E-state index in [-0.39, 0.29) is 23.9 Å². The molecule has 1 aliphatic rings. The molecule has 22 heavy (non-hydrogen) atoms. The second-order valence-corrected chi connectivity index (χ2v) is 7.73. The van der Waals surface area contributed by atoms with Gasteiger partial charge in [0.25, 0.3) is 0 Å². The number of benzene rings is 1. The smallest absolute Gasteiger partial charge is 0.243 e. The summed E-state index contributed by atoms with van der Waals surface area (Å²) in [4.78, 5) is 14.1. The van der Waals surface area contributed by atoms with E-state index in [1.54, 1.807) is 24.0 Å².